The van der Waals surface area contributed by atoms with Gasteiger partial charge in [0.2, 0.25) is 0 Å². The van der Waals surface area contributed by atoms with Crippen molar-refractivity contribution in [3.63, 3.8) is 0 Å². The Hall–Kier alpha value is -2.69. The molecule has 5 nitrogen and oxygen atoms in total. The fourth-order valence-corrected chi connectivity index (χ4v) is 3.09. The van der Waals surface area contributed by atoms with Gasteiger partial charge in [0.1, 0.15) is 0 Å². The molecule has 1 aliphatic carbocycles. The maximum absolute atomic E-state index is 12.5. The zero-order valence-corrected chi connectivity index (χ0v) is 14.6. The number of carbonyl (C=O) groups excluding carboxylic acids is 2. The molecule has 0 bridgehead atoms. The number of hydrogen-bond acceptors (Lipinski definition) is 3. The summed E-state index contributed by atoms with van der Waals surface area (Å²) in [5.41, 5.74) is 3.62. The van der Waals surface area contributed by atoms with Crippen molar-refractivity contribution in [3.8, 4) is 0 Å². The zero-order chi connectivity index (χ0) is 17.8. The number of pyridine rings is 1. The summed E-state index contributed by atoms with van der Waals surface area (Å²) in [6.45, 7) is 3.92. The molecular weight excluding hydrogens is 314 g/mol. The molecule has 1 heterocycles. The SMILES string of the molecule is Cc1ccc(C)c(NC(=O)c2cncc(C(=O)NC3CCCC3)c2)c1. The zero-order valence-electron chi connectivity index (χ0n) is 14.6. The molecule has 0 atom stereocenters. The topological polar surface area (TPSA) is 71.1 Å². The average Bonchev–Trinajstić information content (AvgIpc) is 3.11. The van der Waals surface area contributed by atoms with Crippen LogP contribution in [0.15, 0.2) is 36.7 Å². The van der Waals surface area contributed by atoms with Crippen LogP contribution in [0, 0.1) is 13.8 Å². The fraction of sp³-hybridized carbons (Fsp3) is 0.350. The van der Waals surface area contributed by atoms with Crippen molar-refractivity contribution in [2.45, 2.75) is 45.6 Å². The summed E-state index contributed by atoms with van der Waals surface area (Å²) < 4.78 is 0. The van der Waals surface area contributed by atoms with Crippen molar-refractivity contribution >= 4 is 17.5 Å². The Morgan fingerprint density at radius 3 is 2.40 bits per heavy atom. The van der Waals surface area contributed by atoms with E-state index in [1.54, 1.807) is 6.07 Å². The van der Waals surface area contributed by atoms with Crippen LogP contribution in [-0.2, 0) is 0 Å². The van der Waals surface area contributed by atoms with E-state index in [9.17, 15) is 9.59 Å². The van der Waals surface area contributed by atoms with Gasteiger partial charge in [-0.3, -0.25) is 14.6 Å². The predicted octanol–water partition coefficient (Wildman–Crippen LogP) is 3.62. The van der Waals surface area contributed by atoms with Gasteiger partial charge in [0, 0.05) is 24.1 Å². The Bertz CT molecular complexity index is 795. The largest absolute Gasteiger partial charge is 0.349 e. The van der Waals surface area contributed by atoms with Crippen LogP contribution in [0.1, 0.15) is 57.5 Å². The molecule has 1 fully saturated rings. The molecule has 130 valence electrons. The van der Waals surface area contributed by atoms with Crippen molar-refractivity contribution in [3.05, 3.63) is 58.9 Å². The lowest BCUT2D eigenvalue weighted by atomic mass is 10.1. The van der Waals surface area contributed by atoms with Gasteiger partial charge in [0.25, 0.3) is 11.8 Å². The molecular formula is C20H23N3O2. The van der Waals surface area contributed by atoms with Gasteiger partial charge in [-0.15, -0.1) is 0 Å². The van der Waals surface area contributed by atoms with Gasteiger partial charge in [-0.05, 0) is 49.9 Å². The number of aryl methyl sites for hydroxylation is 2. The maximum Gasteiger partial charge on any atom is 0.257 e. The van der Waals surface area contributed by atoms with Crippen molar-refractivity contribution in [1.82, 2.24) is 10.3 Å². The number of aromatic nitrogens is 1. The second-order valence-electron chi connectivity index (χ2n) is 6.69. The second-order valence-corrected chi connectivity index (χ2v) is 6.69. The Morgan fingerprint density at radius 1 is 1.00 bits per heavy atom. The van der Waals surface area contributed by atoms with Crippen LogP contribution in [0.3, 0.4) is 0 Å². The number of benzene rings is 1. The van der Waals surface area contributed by atoms with Gasteiger partial charge in [0.15, 0.2) is 0 Å². The third-order valence-electron chi connectivity index (χ3n) is 4.59. The molecule has 5 heteroatoms. The molecule has 1 aromatic heterocycles. The third kappa shape index (κ3) is 4.24. The van der Waals surface area contributed by atoms with Gasteiger partial charge < -0.3 is 10.6 Å². The molecule has 1 aromatic carbocycles. The summed E-state index contributed by atoms with van der Waals surface area (Å²) in [7, 11) is 0. The Balaban J connectivity index is 1.72. The highest BCUT2D eigenvalue weighted by molar-refractivity contribution is 6.06. The van der Waals surface area contributed by atoms with Crippen LogP contribution in [0.2, 0.25) is 0 Å². The Kier molecular flexibility index (Phi) is 5.12. The lowest BCUT2D eigenvalue weighted by Crippen LogP contribution is -2.32. The van der Waals surface area contributed by atoms with Gasteiger partial charge in [-0.2, -0.15) is 0 Å². The first-order valence-electron chi connectivity index (χ1n) is 8.67. The minimum absolute atomic E-state index is 0.166. The first-order chi connectivity index (χ1) is 12.0. The molecule has 25 heavy (non-hydrogen) atoms. The summed E-state index contributed by atoms with van der Waals surface area (Å²) in [4.78, 5) is 28.9. The molecule has 2 amide bonds. The predicted molar refractivity (Wildman–Crippen MR) is 97.8 cm³/mol. The van der Waals surface area contributed by atoms with Gasteiger partial charge in [-0.1, -0.05) is 25.0 Å². The van der Waals surface area contributed by atoms with Crippen molar-refractivity contribution < 1.29 is 9.59 Å². The molecule has 0 radical (unpaired) electrons. The van der Waals surface area contributed by atoms with E-state index in [-0.39, 0.29) is 17.9 Å². The minimum atomic E-state index is -0.267. The second kappa shape index (κ2) is 7.47. The van der Waals surface area contributed by atoms with Crippen LogP contribution >= 0.6 is 0 Å². The monoisotopic (exact) mass is 337 g/mol. The molecule has 0 saturated heterocycles. The molecule has 0 unspecified atom stereocenters. The summed E-state index contributed by atoms with van der Waals surface area (Å²) in [6.07, 6.45) is 7.33. The summed E-state index contributed by atoms with van der Waals surface area (Å²) in [6, 6.07) is 7.73. The van der Waals surface area contributed by atoms with Gasteiger partial charge in [-0.25, -0.2) is 0 Å². The van der Waals surface area contributed by atoms with E-state index < -0.39 is 0 Å². The quantitative estimate of drug-likeness (QED) is 0.895. The normalized spacial score (nSPS) is 14.3. The summed E-state index contributed by atoms with van der Waals surface area (Å²) in [5, 5.41) is 5.91. The van der Waals surface area contributed by atoms with E-state index in [0.717, 1.165) is 42.5 Å². The first kappa shape index (κ1) is 17.1. The van der Waals surface area contributed by atoms with E-state index in [1.165, 1.54) is 12.4 Å². The first-order valence-corrected chi connectivity index (χ1v) is 8.67. The molecule has 2 aromatic rings. The Labute approximate surface area is 147 Å². The van der Waals surface area contributed by atoms with Crippen molar-refractivity contribution in [2.24, 2.45) is 0 Å². The lowest BCUT2D eigenvalue weighted by molar-refractivity contribution is 0.0937. The number of anilines is 1. The van der Waals surface area contributed by atoms with Crippen LogP contribution < -0.4 is 10.6 Å². The van der Waals surface area contributed by atoms with Crippen LogP contribution in [0.25, 0.3) is 0 Å². The number of hydrogen-bond donors (Lipinski definition) is 2. The maximum atomic E-state index is 12.5. The van der Waals surface area contributed by atoms with E-state index in [4.69, 9.17) is 0 Å². The highest BCUT2D eigenvalue weighted by Crippen LogP contribution is 2.19. The molecule has 0 aliphatic heterocycles. The van der Waals surface area contributed by atoms with Gasteiger partial charge >= 0.3 is 0 Å². The number of carbonyl (C=O) groups is 2. The van der Waals surface area contributed by atoms with Crippen LogP contribution in [0.4, 0.5) is 5.69 Å². The summed E-state index contributed by atoms with van der Waals surface area (Å²) >= 11 is 0. The number of nitrogens with zero attached hydrogens (tertiary/aromatic N) is 1. The highest BCUT2D eigenvalue weighted by Gasteiger charge is 2.19. The van der Waals surface area contributed by atoms with Crippen LogP contribution in [-0.4, -0.2) is 22.8 Å². The molecule has 1 saturated carbocycles. The van der Waals surface area contributed by atoms with E-state index in [1.807, 2.05) is 32.0 Å². The van der Waals surface area contributed by atoms with Gasteiger partial charge in [0.05, 0.1) is 11.1 Å². The fourth-order valence-electron chi connectivity index (χ4n) is 3.09. The average molecular weight is 337 g/mol. The van der Waals surface area contributed by atoms with Crippen molar-refractivity contribution in [2.75, 3.05) is 5.32 Å². The van der Waals surface area contributed by atoms with E-state index in [2.05, 4.69) is 15.6 Å². The summed E-state index contributed by atoms with van der Waals surface area (Å²) in [5.74, 6) is -0.433. The molecule has 2 N–H and O–H groups in total. The lowest BCUT2D eigenvalue weighted by Gasteiger charge is -2.12. The molecule has 1 aliphatic rings. The number of amides is 2. The number of rotatable bonds is 4. The standard InChI is InChI=1S/C20H23N3O2/c1-13-7-8-14(2)18(9-13)23-20(25)16-10-15(11-21-12-16)19(24)22-17-5-3-4-6-17/h7-12,17H,3-6H2,1-2H3,(H,22,24)(H,23,25). The smallest absolute Gasteiger partial charge is 0.257 e. The van der Waals surface area contributed by atoms with E-state index >= 15 is 0 Å². The third-order valence-corrected chi connectivity index (χ3v) is 4.59. The van der Waals surface area contributed by atoms with Crippen molar-refractivity contribution in [1.29, 1.82) is 0 Å². The minimum Gasteiger partial charge on any atom is -0.349 e. The highest BCUT2D eigenvalue weighted by atomic mass is 16.2. The van der Waals surface area contributed by atoms with E-state index in [0.29, 0.717) is 11.1 Å². The van der Waals surface area contributed by atoms with Crippen LogP contribution in [0.5, 0.6) is 0 Å². The molecule has 0 spiro atoms. The Morgan fingerprint density at radius 2 is 1.68 bits per heavy atom. The molecule has 3 rings (SSSR count). The number of nitrogens with one attached hydrogen (secondary N) is 2.